The number of Topliss-reactive ketones (excluding diaryl/α,β-unsaturated/α-hetero) is 1. The molecule has 0 fully saturated rings. The maximum Gasteiger partial charge on any atom is 0.192 e. The van der Waals surface area contributed by atoms with Crippen molar-refractivity contribution in [1.82, 2.24) is 0 Å². The third-order valence-corrected chi connectivity index (χ3v) is 0.994. The molecule has 0 spiro atoms. The highest BCUT2D eigenvalue weighted by Gasteiger charge is 2.19. The number of carbonyl (C=O) groups excluding carboxylic acids is 1. The Balaban J connectivity index is 3.71. The van der Waals surface area contributed by atoms with Crippen molar-refractivity contribution in [1.29, 1.82) is 0 Å². The number of aliphatic hydroxyl groups is 2. The molecule has 0 bridgehead atoms. The number of aliphatic hydroxyl groups excluding tert-OH is 2. The minimum absolute atomic E-state index is 0.605. The molecule has 3 N–H and O–H groups in total. The summed E-state index contributed by atoms with van der Waals surface area (Å²) in [4.78, 5) is 13.9. The number of hydrogen-bond donors (Lipinski definition) is 3. The average molecular weight is 150 g/mol. The average Bonchev–Trinajstić information content (AvgIpc) is 1.87. The second-order valence-electron chi connectivity index (χ2n) is 1.93. The van der Waals surface area contributed by atoms with Crippen LogP contribution in [0.15, 0.2) is 0 Å². The summed E-state index contributed by atoms with van der Waals surface area (Å²) < 4.78 is 0. The fourth-order valence-electron chi connectivity index (χ4n) is 0.418. The Labute approximate surface area is 57.8 Å². The van der Waals surface area contributed by atoms with E-state index in [9.17, 15) is 4.79 Å². The first-order valence-electron chi connectivity index (χ1n) is 2.74. The monoisotopic (exact) mass is 150 g/mol. The number of carbonyl (C=O) groups is 1. The van der Waals surface area contributed by atoms with Gasteiger partial charge in [0.05, 0.1) is 6.10 Å². The molecule has 5 heteroatoms. The predicted molar refractivity (Wildman–Crippen MR) is 31.3 cm³/mol. The Morgan fingerprint density at radius 3 is 2.40 bits per heavy atom. The van der Waals surface area contributed by atoms with Gasteiger partial charge in [0.25, 0.3) is 0 Å². The predicted octanol–water partition coefficient (Wildman–Crippen LogP) is -1.21. The lowest BCUT2D eigenvalue weighted by molar-refractivity contribution is -0.240. The topological polar surface area (TPSA) is 87.0 Å². The van der Waals surface area contributed by atoms with Gasteiger partial charge < -0.3 is 10.2 Å². The van der Waals surface area contributed by atoms with Gasteiger partial charge in [0.1, 0.15) is 12.7 Å². The van der Waals surface area contributed by atoms with Gasteiger partial charge in [-0.25, -0.2) is 4.89 Å². The van der Waals surface area contributed by atoms with Crippen LogP contribution < -0.4 is 0 Å². The van der Waals surface area contributed by atoms with E-state index in [1.165, 1.54) is 6.92 Å². The summed E-state index contributed by atoms with van der Waals surface area (Å²) >= 11 is 0. The van der Waals surface area contributed by atoms with Gasteiger partial charge in [-0.1, -0.05) is 0 Å². The van der Waals surface area contributed by atoms with Gasteiger partial charge in [-0.3, -0.25) is 10.1 Å². The van der Waals surface area contributed by atoms with Crippen molar-refractivity contribution in [3.63, 3.8) is 0 Å². The lowest BCUT2D eigenvalue weighted by atomic mass is 10.1. The highest BCUT2D eigenvalue weighted by atomic mass is 17.1. The van der Waals surface area contributed by atoms with Gasteiger partial charge in [-0.2, -0.15) is 0 Å². The van der Waals surface area contributed by atoms with Gasteiger partial charge in [0.15, 0.2) is 5.78 Å². The largest absolute Gasteiger partial charge is 0.390 e. The van der Waals surface area contributed by atoms with Crippen molar-refractivity contribution in [3.05, 3.63) is 0 Å². The standard InChI is InChI=1S/C5H10O5/c1-3(6)5(8)4(7)2-10-9/h3,5-6,8-9H,2H2,1H3. The highest BCUT2D eigenvalue weighted by molar-refractivity contribution is 5.84. The summed E-state index contributed by atoms with van der Waals surface area (Å²) in [6.45, 7) is 0.659. The van der Waals surface area contributed by atoms with Crippen molar-refractivity contribution in [2.24, 2.45) is 0 Å². The van der Waals surface area contributed by atoms with Crippen molar-refractivity contribution >= 4 is 5.78 Å². The second kappa shape index (κ2) is 4.35. The van der Waals surface area contributed by atoms with E-state index in [1.54, 1.807) is 0 Å². The Hall–Kier alpha value is -0.490. The molecule has 60 valence electrons. The van der Waals surface area contributed by atoms with Crippen LogP contribution in [0.25, 0.3) is 0 Å². The quantitative estimate of drug-likeness (QED) is 0.345. The van der Waals surface area contributed by atoms with E-state index in [4.69, 9.17) is 15.5 Å². The van der Waals surface area contributed by atoms with E-state index >= 15 is 0 Å². The Kier molecular flexibility index (Phi) is 4.13. The van der Waals surface area contributed by atoms with Crippen LogP contribution in [0.5, 0.6) is 0 Å². The Morgan fingerprint density at radius 2 is 2.10 bits per heavy atom. The third-order valence-electron chi connectivity index (χ3n) is 0.994. The minimum atomic E-state index is -1.48. The summed E-state index contributed by atoms with van der Waals surface area (Å²) in [5, 5.41) is 25.1. The molecular weight excluding hydrogens is 140 g/mol. The molecule has 0 rings (SSSR count). The van der Waals surface area contributed by atoms with Crippen LogP contribution in [-0.4, -0.2) is 40.1 Å². The van der Waals surface area contributed by atoms with Gasteiger partial charge in [-0.05, 0) is 6.92 Å². The van der Waals surface area contributed by atoms with Crippen LogP contribution in [0.1, 0.15) is 6.92 Å². The fraction of sp³-hybridized carbons (Fsp3) is 0.800. The molecule has 0 aliphatic rings. The first-order valence-corrected chi connectivity index (χ1v) is 2.74. The van der Waals surface area contributed by atoms with Crippen LogP contribution in [0.4, 0.5) is 0 Å². The molecular formula is C5H10O5. The molecule has 0 heterocycles. The van der Waals surface area contributed by atoms with E-state index in [-0.39, 0.29) is 0 Å². The van der Waals surface area contributed by atoms with Crippen LogP contribution >= 0.6 is 0 Å². The molecule has 0 aromatic carbocycles. The maximum atomic E-state index is 10.5. The van der Waals surface area contributed by atoms with Gasteiger partial charge in [0, 0.05) is 0 Å². The second-order valence-corrected chi connectivity index (χ2v) is 1.93. The van der Waals surface area contributed by atoms with Crippen molar-refractivity contribution in [2.75, 3.05) is 6.61 Å². The first kappa shape index (κ1) is 9.51. The smallest absolute Gasteiger partial charge is 0.192 e. The van der Waals surface area contributed by atoms with Crippen LogP contribution in [-0.2, 0) is 9.68 Å². The molecule has 0 saturated carbocycles. The van der Waals surface area contributed by atoms with Crippen LogP contribution in [0, 0.1) is 0 Å². The summed E-state index contributed by atoms with van der Waals surface area (Å²) in [6, 6.07) is 0. The van der Waals surface area contributed by atoms with Gasteiger partial charge >= 0.3 is 0 Å². The van der Waals surface area contributed by atoms with Crippen LogP contribution in [0.3, 0.4) is 0 Å². The molecule has 5 nitrogen and oxygen atoms in total. The zero-order valence-corrected chi connectivity index (χ0v) is 5.52. The molecule has 0 radical (unpaired) electrons. The van der Waals surface area contributed by atoms with E-state index in [1.807, 2.05) is 0 Å². The van der Waals surface area contributed by atoms with Crippen molar-refractivity contribution < 1.29 is 25.2 Å². The minimum Gasteiger partial charge on any atom is -0.390 e. The molecule has 0 amide bonds. The number of ketones is 1. The normalized spacial score (nSPS) is 16.4. The summed E-state index contributed by atoms with van der Waals surface area (Å²) in [6.07, 6.45) is -2.62. The number of rotatable bonds is 4. The Morgan fingerprint density at radius 1 is 1.60 bits per heavy atom. The maximum absolute atomic E-state index is 10.5. The highest BCUT2D eigenvalue weighted by Crippen LogP contribution is 1.93. The van der Waals surface area contributed by atoms with Crippen molar-refractivity contribution in [2.45, 2.75) is 19.1 Å². The van der Waals surface area contributed by atoms with Gasteiger partial charge in [0.2, 0.25) is 0 Å². The third kappa shape index (κ3) is 2.88. The van der Waals surface area contributed by atoms with Crippen molar-refractivity contribution in [3.8, 4) is 0 Å². The van der Waals surface area contributed by atoms with E-state index in [0.717, 1.165) is 0 Å². The van der Waals surface area contributed by atoms with Crippen LogP contribution in [0.2, 0.25) is 0 Å². The fourth-order valence-corrected chi connectivity index (χ4v) is 0.418. The molecule has 2 atom stereocenters. The molecule has 0 aliphatic heterocycles. The van der Waals surface area contributed by atoms with E-state index in [0.29, 0.717) is 0 Å². The molecule has 10 heavy (non-hydrogen) atoms. The zero-order valence-electron chi connectivity index (χ0n) is 5.52. The SMILES string of the molecule is CC(O)C(O)C(=O)COO. The molecule has 0 aliphatic carbocycles. The molecule has 0 saturated heterocycles. The lowest BCUT2D eigenvalue weighted by Gasteiger charge is -2.09. The number of hydrogen-bond acceptors (Lipinski definition) is 5. The molecule has 0 aromatic heterocycles. The summed E-state index contributed by atoms with van der Waals surface area (Å²) in [5.41, 5.74) is 0. The first-order chi connectivity index (χ1) is 4.59. The molecule has 2 unspecified atom stereocenters. The van der Waals surface area contributed by atoms with E-state index in [2.05, 4.69) is 4.89 Å². The molecule has 0 aromatic rings. The van der Waals surface area contributed by atoms with E-state index < -0.39 is 24.6 Å². The van der Waals surface area contributed by atoms with Gasteiger partial charge in [-0.15, -0.1) is 0 Å². The zero-order chi connectivity index (χ0) is 8.15. The summed E-state index contributed by atoms with van der Waals surface area (Å²) in [5.74, 6) is -0.752. The summed E-state index contributed by atoms with van der Waals surface area (Å²) in [7, 11) is 0. The Bertz CT molecular complexity index is 111. The lowest BCUT2D eigenvalue weighted by Crippen LogP contribution is -2.34.